The third kappa shape index (κ3) is 1.45. The first-order chi connectivity index (χ1) is 5.36. The van der Waals surface area contributed by atoms with Gasteiger partial charge >= 0.3 is 0 Å². The van der Waals surface area contributed by atoms with Gasteiger partial charge in [-0.15, -0.1) is 0 Å². The monoisotopic (exact) mass is 153 g/mol. The first-order valence-corrected chi connectivity index (χ1v) is 4.61. The molecule has 2 atom stereocenters. The molecule has 2 aliphatic rings. The van der Waals surface area contributed by atoms with Crippen molar-refractivity contribution in [1.29, 1.82) is 0 Å². The van der Waals surface area contributed by atoms with E-state index in [1.165, 1.54) is 12.8 Å². The normalized spacial score (nSPS) is 38.4. The maximum atomic E-state index is 11.1. The summed E-state index contributed by atoms with van der Waals surface area (Å²) in [6, 6.07) is 0.532. The molecule has 0 radical (unpaired) electrons. The van der Waals surface area contributed by atoms with Crippen LogP contribution in [0.5, 0.6) is 0 Å². The zero-order valence-corrected chi connectivity index (χ0v) is 6.81. The summed E-state index contributed by atoms with van der Waals surface area (Å²) in [4.78, 5) is 11.1. The summed E-state index contributed by atoms with van der Waals surface area (Å²) < 4.78 is 0. The molecule has 0 spiro atoms. The summed E-state index contributed by atoms with van der Waals surface area (Å²) in [7, 11) is 0. The lowest BCUT2D eigenvalue weighted by molar-refractivity contribution is -0.122. The van der Waals surface area contributed by atoms with Crippen molar-refractivity contribution in [2.45, 2.75) is 38.1 Å². The van der Waals surface area contributed by atoms with E-state index < -0.39 is 0 Å². The van der Waals surface area contributed by atoms with Crippen LogP contribution in [0.15, 0.2) is 0 Å². The largest absolute Gasteiger partial charge is 0.313 e. The van der Waals surface area contributed by atoms with Gasteiger partial charge in [-0.3, -0.25) is 4.79 Å². The van der Waals surface area contributed by atoms with Gasteiger partial charge in [-0.2, -0.15) is 0 Å². The quantitative estimate of drug-likeness (QED) is 0.564. The molecule has 0 aromatic rings. The lowest BCUT2D eigenvalue weighted by Crippen LogP contribution is -2.45. The van der Waals surface area contributed by atoms with Gasteiger partial charge in [0.25, 0.3) is 0 Å². The van der Waals surface area contributed by atoms with Crippen LogP contribution in [0.4, 0.5) is 0 Å². The molecular formula is C9H15NO. The smallest absolute Gasteiger partial charge is 0.134 e. The molecule has 0 amide bonds. The number of ketones is 1. The van der Waals surface area contributed by atoms with E-state index in [2.05, 4.69) is 5.32 Å². The fraction of sp³-hybridized carbons (Fsp3) is 0.889. The summed E-state index contributed by atoms with van der Waals surface area (Å²) >= 11 is 0. The molecule has 2 nitrogen and oxygen atoms in total. The van der Waals surface area contributed by atoms with Crippen molar-refractivity contribution >= 4 is 5.78 Å². The minimum Gasteiger partial charge on any atom is -0.313 e. The van der Waals surface area contributed by atoms with Crippen molar-refractivity contribution in [1.82, 2.24) is 5.32 Å². The van der Waals surface area contributed by atoms with Gasteiger partial charge < -0.3 is 5.32 Å². The Labute approximate surface area is 67.4 Å². The van der Waals surface area contributed by atoms with Crippen molar-refractivity contribution in [2.75, 3.05) is 6.54 Å². The molecule has 1 N–H and O–H groups in total. The minimum atomic E-state index is 0.459. The van der Waals surface area contributed by atoms with E-state index in [-0.39, 0.29) is 0 Å². The highest BCUT2D eigenvalue weighted by atomic mass is 16.1. The second-order valence-electron chi connectivity index (χ2n) is 3.74. The van der Waals surface area contributed by atoms with Crippen LogP contribution in [0.25, 0.3) is 0 Å². The predicted octanol–water partition coefficient (Wildman–Crippen LogP) is 1.11. The van der Waals surface area contributed by atoms with Gasteiger partial charge in [0, 0.05) is 18.9 Å². The summed E-state index contributed by atoms with van der Waals surface area (Å²) in [5, 5.41) is 3.43. The average Bonchev–Trinajstić information content (AvgIpc) is 2.04. The zero-order chi connectivity index (χ0) is 7.68. The highest BCUT2D eigenvalue weighted by Gasteiger charge is 2.30. The van der Waals surface area contributed by atoms with Crippen LogP contribution in [-0.2, 0) is 4.79 Å². The molecule has 1 saturated carbocycles. The molecule has 2 rings (SSSR count). The maximum absolute atomic E-state index is 11.1. The first kappa shape index (κ1) is 7.29. The number of Topliss-reactive ketones (excluding diaryl/α,β-unsaturated/α-hetero) is 1. The highest BCUT2D eigenvalue weighted by Crippen LogP contribution is 2.28. The van der Waals surface area contributed by atoms with E-state index in [1.807, 2.05) is 0 Å². The molecule has 1 aliphatic carbocycles. The summed E-state index contributed by atoms with van der Waals surface area (Å²) in [5.41, 5.74) is 0. The van der Waals surface area contributed by atoms with Crippen LogP contribution < -0.4 is 5.32 Å². The Morgan fingerprint density at radius 2 is 2.27 bits per heavy atom. The van der Waals surface area contributed by atoms with Crippen LogP contribution in [-0.4, -0.2) is 18.4 Å². The molecule has 0 unspecified atom stereocenters. The number of carbonyl (C=O) groups excluding carboxylic acids is 1. The molecular weight excluding hydrogens is 138 g/mol. The third-order valence-corrected chi connectivity index (χ3v) is 2.97. The van der Waals surface area contributed by atoms with Gasteiger partial charge in [-0.1, -0.05) is 0 Å². The van der Waals surface area contributed by atoms with E-state index in [4.69, 9.17) is 0 Å². The lowest BCUT2D eigenvalue weighted by Gasteiger charge is -2.35. The fourth-order valence-corrected chi connectivity index (χ4v) is 2.30. The summed E-state index contributed by atoms with van der Waals surface area (Å²) in [6.45, 7) is 1.12. The topological polar surface area (TPSA) is 29.1 Å². The zero-order valence-electron chi connectivity index (χ0n) is 6.81. The minimum absolute atomic E-state index is 0.459. The van der Waals surface area contributed by atoms with Crippen LogP contribution in [0.2, 0.25) is 0 Å². The highest BCUT2D eigenvalue weighted by molar-refractivity contribution is 5.79. The van der Waals surface area contributed by atoms with E-state index >= 15 is 0 Å². The van der Waals surface area contributed by atoms with Crippen LogP contribution >= 0.6 is 0 Å². The number of nitrogens with one attached hydrogen (secondary N) is 1. The standard InChI is InChI=1S/C9H15NO/c11-8-4-3-7-2-1-5-10-9(7)6-8/h7,9-10H,1-6H2/t7-,9-/m1/s1. The summed E-state index contributed by atoms with van der Waals surface area (Å²) in [5.74, 6) is 1.27. The Bertz CT molecular complexity index is 167. The van der Waals surface area contributed by atoms with E-state index in [0.29, 0.717) is 11.8 Å². The Morgan fingerprint density at radius 3 is 3.18 bits per heavy atom. The van der Waals surface area contributed by atoms with Gasteiger partial charge in [-0.05, 0) is 31.7 Å². The van der Waals surface area contributed by atoms with Gasteiger partial charge in [0.2, 0.25) is 0 Å². The molecule has 2 heteroatoms. The van der Waals surface area contributed by atoms with Crippen LogP contribution in [0, 0.1) is 5.92 Å². The summed E-state index contributed by atoms with van der Waals surface area (Å²) in [6.07, 6.45) is 5.41. The van der Waals surface area contributed by atoms with Crippen molar-refractivity contribution in [2.24, 2.45) is 5.92 Å². The molecule has 1 aliphatic heterocycles. The number of hydrogen-bond donors (Lipinski definition) is 1. The third-order valence-electron chi connectivity index (χ3n) is 2.97. The molecule has 0 bridgehead atoms. The Hall–Kier alpha value is -0.370. The molecule has 62 valence electrons. The number of carbonyl (C=O) groups is 1. The van der Waals surface area contributed by atoms with Gasteiger partial charge in [-0.25, -0.2) is 0 Å². The maximum Gasteiger partial charge on any atom is 0.134 e. The average molecular weight is 153 g/mol. The Morgan fingerprint density at radius 1 is 1.36 bits per heavy atom. The van der Waals surface area contributed by atoms with Crippen molar-refractivity contribution in [3.05, 3.63) is 0 Å². The van der Waals surface area contributed by atoms with E-state index in [0.717, 1.165) is 31.7 Å². The predicted molar refractivity (Wildman–Crippen MR) is 43.4 cm³/mol. The molecule has 1 saturated heterocycles. The Balaban J connectivity index is 1.98. The van der Waals surface area contributed by atoms with Crippen molar-refractivity contribution < 1.29 is 4.79 Å². The lowest BCUT2D eigenvalue weighted by atomic mass is 9.79. The first-order valence-electron chi connectivity index (χ1n) is 4.61. The van der Waals surface area contributed by atoms with Gasteiger partial charge in [0.15, 0.2) is 0 Å². The second kappa shape index (κ2) is 2.94. The van der Waals surface area contributed by atoms with Crippen LogP contribution in [0.1, 0.15) is 32.1 Å². The van der Waals surface area contributed by atoms with Gasteiger partial charge in [0.1, 0.15) is 5.78 Å². The number of fused-ring (bicyclic) bond motifs is 1. The van der Waals surface area contributed by atoms with Crippen molar-refractivity contribution in [3.8, 4) is 0 Å². The van der Waals surface area contributed by atoms with E-state index in [1.54, 1.807) is 0 Å². The molecule has 2 fully saturated rings. The van der Waals surface area contributed by atoms with E-state index in [9.17, 15) is 4.79 Å². The number of rotatable bonds is 0. The molecule has 1 heterocycles. The number of hydrogen-bond acceptors (Lipinski definition) is 2. The fourth-order valence-electron chi connectivity index (χ4n) is 2.30. The van der Waals surface area contributed by atoms with Gasteiger partial charge in [0.05, 0.1) is 0 Å². The SMILES string of the molecule is O=C1CC[C@H]2CCCN[C@@H]2C1. The molecule has 0 aromatic heterocycles. The van der Waals surface area contributed by atoms with Crippen LogP contribution in [0.3, 0.4) is 0 Å². The number of piperidine rings is 1. The second-order valence-corrected chi connectivity index (χ2v) is 3.74. The van der Waals surface area contributed by atoms with Crippen molar-refractivity contribution in [3.63, 3.8) is 0 Å². The Kier molecular flexibility index (Phi) is 1.95. The molecule has 0 aromatic carbocycles. The molecule has 11 heavy (non-hydrogen) atoms.